The number of imidazole rings is 1. The first-order valence-corrected chi connectivity index (χ1v) is 8.55. The molecule has 0 amide bonds. The van der Waals surface area contributed by atoms with Crippen molar-refractivity contribution in [1.29, 1.82) is 0 Å². The molecule has 24 heavy (non-hydrogen) atoms. The van der Waals surface area contributed by atoms with Gasteiger partial charge in [-0.05, 0) is 17.7 Å². The summed E-state index contributed by atoms with van der Waals surface area (Å²) in [6, 6.07) is 17.7. The molecule has 0 aliphatic carbocycles. The van der Waals surface area contributed by atoms with Crippen molar-refractivity contribution in [1.82, 2.24) is 14.9 Å². The van der Waals surface area contributed by atoms with E-state index in [0.717, 1.165) is 16.2 Å². The van der Waals surface area contributed by atoms with Crippen LogP contribution in [0.2, 0.25) is 0 Å². The molecule has 2 N–H and O–H groups in total. The lowest BCUT2D eigenvalue weighted by atomic mass is 10.2. The zero-order chi connectivity index (χ0) is 16.4. The number of nitrogens with one attached hydrogen (secondary N) is 2. The van der Waals surface area contributed by atoms with Gasteiger partial charge in [0.2, 0.25) is 0 Å². The quantitative estimate of drug-likeness (QED) is 0.754. The second kappa shape index (κ2) is 6.37. The van der Waals surface area contributed by atoms with E-state index in [1.165, 1.54) is 5.56 Å². The van der Waals surface area contributed by atoms with Crippen LogP contribution in [0.15, 0.2) is 69.6 Å². The number of hydrogen-bond donors (Lipinski definition) is 2. The lowest BCUT2D eigenvalue weighted by Crippen LogP contribution is -2.30. The Hall–Kier alpha value is -2.80. The van der Waals surface area contributed by atoms with Crippen molar-refractivity contribution in [3.8, 4) is 0 Å². The molecule has 2 aromatic carbocycles. The molecule has 1 aliphatic rings. The van der Waals surface area contributed by atoms with Crippen molar-refractivity contribution in [2.45, 2.75) is 6.54 Å². The van der Waals surface area contributed by atoms with Crippen LogP contribution in [0.25, 0.3) is 11.0 Å². The van der Waals surface area contributed by atoms with Crippen LogP contribution >= 0.6 is 11.8 Å². The first kappa shape index (κ1) is 14.8. The molecule has 0 radical (unpaired) electrons. The van der Waals surface area contributed by atoms with Crippen LogP contribution in [0.1, 0.15) is 5.56 Å². The Bertz CT molecular complexity index is 987. The average molecular weight is 337 g/mol. The van der Waals surface area contributed by atoms with E-state index in [4.69, 9.17) is 0 Å². The molecule has 4 rings (SSSR count). The summed E-state index contributed by atoms with van der Waals surface area (Å²) in [6.07, 6.45) is 0. The number of benzene rings is 2. The molecular weight excluding hydrogens is 322 g/mol. The number of nitrogens with zero attached hydrogens (tertiary/aromatic N) is 3. The zero-order valence-electron chi connectivity index (χ0n) is 12.8. The third-order valence-electron chi connectivity index (χ3n) is 3.73. The number of rotatable bonds is 2. The molecule has 0 spiro atoms. The summed E-state index contributed by atoms with van der Waals surface area (Å²) in [5, 5.41) is 12.5. The number of amidine groups is 1. The van der Waals surface area contributed by atoms with Gasteiger partial charge in [0.05, 0.1) is 16.8 Å². The molecule has 3 aromatic rings. The minimum atomic E-state index is -0.188. The Morgan fingerprint density at radius 3 is 2.67 bits per heavy atom. The fraction of sp³-hybridized carbons (Fsp3) is 0.118. The SMILES string of the molecule is O=c1[nH]c2ccccc2n1C1=NN=C(NCc2ccccc2)SC1. The number of hydrogen-bond acceptors (Lipinski definition) is 5. The van der Waals surface area contributed by atoms with Gasteiger partial charge in [-0.2, -0.15) is 0 Å². The number of aromatic nitrogens is 2. The summed E-state index contributed by atoms with van der Waals surface area (Å²) in [5.41, 5.74) is 2.61. The number of thioether (sulfide) groups is 1. The molecule has 0 fully saturated rings. The molecule has 0 unspecified atom stereocenters. The van der Waals surface area contributed by atoms with Crippen LogP contribution < -0.4 is 11.0 Å². The lowest BCUT2D eigenvalue weighted by molar-refractivity contribution is 0.916. The largest absolute Gasteiger partial charge is 0.359 e. The van der Waals surface area contributed by atoms with Crippen LogP contribution in [0.5, 0.6) is 0 Å². The maximum atomic E-state index is 12.2. The maximum absolute atomic E-state index is 12.2. The monoisotopic (exact) mass is 337 g/mol. The Morgan fingerprint density at radius 1 is 1.08 bits per heavy atom. The number of para-hydroxylation sites is 2. The van der Waals surface area contributed by atoms with E-state index in [1.807, 2.05) is 42.5 Å². The molecule has 1 aromatic heterocycles. The molecule has 6 nitrogen and oxygen atoms in total. The van der Waals surface area contributed by atoms with Crippen LogP contribution in [-0.2, 0) is 6.54 Å². The Morgan fingerprint density at radius 2 is 1.88 bits per heavy atom. The highest BCUT2D eigenvalue weighted by molar-refractivity contribution is 8.14. The van der Waals surface area contributed by atoms with Crippen molar-refractivity contribution in [2.24, 2.45) is 10.2 Å². The minimum absolute atomic E-state index is 0.188. The van der Waals surface area contributed by atoms with Gasteiger partial charge < -0.3 is 10.3 Å². The molecule has 0 atom stereocenters. The van der Waals surface area contributed by atoms with Gasteiger partial charge in [-0.15, -0.1) is 10.2 Å². The fourth-order valence-corrected chi connectivity index (χ4v) is 3.30. The normalized spacial score (nSPS) is 14.3. The summed E-state index contributed by atoms with van der Waals surface area (Å²) in [5.74, 6) is 1.22. The Kier molecular flexibility index (Phi) is 3.92. The highest BCUT2D eigenvalue weighted by Crippen LogP contribution is 2.15. The van der Waals surface area contributed by atoms with Crippen molar-refractivity contribution >= 4 is 33.8 Å². The van der Waals surface area contributed by atoms with E-state index in [0.29, 0.717) is 18.1 Å². The molecule has 7 heteroatoms. The molecule has 120 valence electrons. The third kappa shape index (κ3) is 2.85. The first-order chi connectivity index (χ1) is 11.8. The van der Waals surface area contributed by atoms with Gasteiger partial charge in [0.1, 0.15) is 0 Å². The van der Waals surface area contributed by atoms with Crippen LogP contribution in [0.3, 0.4) is 0 Å². The summed E-state index contributed by atoms with van der Waals surface area (Å²) in [6.45, 7) is 0.699. The van der Waals surface area contributed by atoms with Gasteiger partial charge in [-0.3, -0.25) is 0 Å². The second-order valence-electron chi connectivity index (χ2n) is 5.33. The van der Waals surface area contributed by atoms with E-state index in [9.17, 15) is 4.79 Å². The molecule has 0 saturated carbocycles. The summed E-state index contributed by atoms with van der Waals surface area (Å²) in [7, 11) is 0. The summed E-state index contributed by atoms with van der Waals surface area (Å²) in [4.78, 5) is 15.0. The van der Waals surface area contributed by atoms with Crippen LogP contribution in [0, 0.1) is 0 Å². The first-order valence-electron chi connectivity index (χ1n) is 7.56. The Balaban J connectivity index is 1.56. The third-order valence-corrected chi connectivity index (χ3v) is 4.63. The fourth-order valence-electron chi connectivity index (χ4n) is 2.57. The number of aromatic amines is 1. The highest BCUT2D eigenvalue weighted by Gasteiger charge is 2.16. The summed E-state index contributed by atoms with van der Waals surface area (Å²) >= 11 is 1.54. The van der Waals surface area contributed by atoms with E-state index in [2.05, 4.69) is 32.6 Å². The van der Waals surface area contributed by atoms with Crippen LogP contribution in [0.4, 0.5) is 0 Å². The second-order valence-corrected chi connectivity index (χ2v) is 6.30. The molecule has 0 saturated heterocycles. The molecule has 0 bridgehead atoms. The van der Waals surface area contributed by atoms with Crippen molar-refractivity contribution < 1.29 is 0 Å². The predicted molar refractivity (Wildman–Crippen MR) is 98.6 cm³/mol. The van der Waals surface area contributed by atoms with Gasteiger partial charge in [0, 0.05) is 6.54 Å². The van der Waals surface area contributed by atoms with Gasteiger partial charge in [-0.25, -0.2) is 9.36 Å². The van der Waals surface area contributed by atoms with Gasteiger partial charge in [0.25, 0.3) is 0 Å². The summed E-state index contributed by atoms with van der Waals surface area (Å²) < 4.78 is 1.58. The molecule has 2 heterocycles. The maximum Gasteiger partial charge on any atom is 0.332 e. The number of fused-ring (bicyclic) bond motifs is 1. The average Bonchev–Trinajstić information content (AvgIpc) is 2.97. The van der Waals surface area contributed by atoms with Crippen molar-refractivity contribution in [2.75, 3.05) is 5.75 Å². The molecular formula is C17H15N5OS. The van der Waals surface area contributed by atoms with E-state index < -0.39 is 0 Å². The van der Waals surface area contributed by atoms with Crippen LogP contribution in [-0.4, -0.2) is 26.3 Å². The van der Waals surface area contributed by atoms with Gasteiger partial charge in [-0.1, -0.05) is 54.2 Å². The van der Waals surface area contributed by atoms with Gasteiger partial charge >= 0.3 is 5.69 Å². The van der Waals surface area contributed by atoms with E-state index in [-0.39, 0.29) is 5.69 Å². The van der Waals surface area contributed by atoms with E-state index in [1.54, 1.807) is 16.3 Å². The number of H-pyrrole nitrogens is 1. The lowest BCUT2D eigenvalue weighted by Gasteiger charge is -2.14. The van der Waals surface area contributed by atoms with Crippen molar-refractivity contribution in [3.63, 3.8) is 0 Å². The van der Waals surface area contributed by atoms with Crippen molar-refractivity contribution in [3.05, 3.63) is 70.6 Å². The Labute approximate surface area is 142 Å². The minimum Gasteiger partial charge on any atom is -0.359 e. The standard InChI is InChI=1S/C17H15N5OS/c23-17-19-13-8-4-5-9-14(13)22(17)15-11-24-16(21-20-15)18-10-12-6-2-1-3-7-12/h1-9H,10-11H2,(H,18,21)(H,19,23). The zero-order valence-corrected chi connectivity index (χ0v) is 13.6. The van der Waals surface area contributed by atoms with Gasteiger partial charge in [0.15, 0.2) is 11.0 Å². The topological polar surface area (TPSA) is 74.5 Å². The predicted octanol–water partition coefficient (Wildman–Crippen LogP) is 2.38. The molecule has 1 aliphatic heterocycles. The van der Waals surface area contributed by atoms with E-state index >= 15 is 0 Å². The smallest absolute Gasteiger partial charge is 0.332 e. The highest BCUT2D eigenvalue weighted by atomic mass is 32.2.